The van der Waals surface area contributed by atoms with Crippen LogP contribution in [0.3, 0.4) is 0 Å². The monoisotopic (exact) mass is 485 g/mol. The molecule has 3 rings (SSSR count). The summed E-state index contributed by atoms with van der Waals surface area (Å²) in [6.45, 7) is 8.25. The Morgan fingerprint density at radius 2 is 1.97 bits per heavy atom. The molecule has 1 aromatic heterocycles. The molecule has 1 amide bonds. The number of ether oxygens (including phenoxy) is 3. The minimum Gasteiger partial charge on any atom is -0.460 e. The molecule has 1 fully saturated rings. The van der Waals surface area contributed by atoms with E-state index in [4.69, 9.17) is 24.4 Å². The van der Waals surface area contributed by atoms with Crippen LogP contribution in [0.4, 0.5) is 10.5 Å². The van der Waals surface area contributed by atoms with Gasteiger partial charge >= 0.3 is 12.1 Å². The van der Waals surface area contributed by atoms with Gasteiger partial charge in [-0.3, -0.25) is 9.89 Å². The lowest BCUT2D eigenvalue weighted by atomic mass is 9.97. The van der Waals surface area contributed by atoms with Gasteiger partial charge in [-0.15, -0.1) is 0 Å². The predicted octanol–water partition coefficient (Wildman–Crippen LogP) is 4.84. The molecule has 190 valence electrons. The Hall–Kier alpha value is -3.33. The molecule has 35 heavy (non-hydrogen) atoms. The summed E-state index contributed by atoms with van der Waals surface area (Å²) >= 11 is 0. The summed E-state index contributed by atoms with van der Waals surface area (Å²) in [6, 6.07) is 3.52. The molecule has 0 bridgehead atoms. The number of aryl methyl sites for hydroxylation is 1. The zero-order chi connectivity index (χ0) is 25.5. The normalized spacial score (nSPS) is 18.7. The van der Waals surface area contributed by atoms with Crippen LogP contribution in [0.25, 0.3) is 16.5 Å². The van der Waals surface area contributed by atoms with Crippen molar-refractivity contribution in [1.82, 2.24) is 0 Å². The summed E-state index contributed by atoms with van der Waals surface area (Å²) in [5.74, 6) is -0.671. The number of hydrogen-bond acceptors (Lipinski definition) is 8. The van der Waals surface area contributed by atoms with E-state index in [2.05, 4.69) is 4.99 Å². The smallest absolute Gasteiger partial charge is 0.414 e. The summed E-state index contributed by atoms with van der Waals surface area (Å²) < 4.78 is 22.7. The van der Waals surface area contributed by atoms with Gasteiger partial charge in [-0.05, 0) is 63.3 Å². The summed E-state index contributed by atoms with van der Waals surface area (Å²) in [5.41, 5.74) is 8.95. The highest BCUT2D eigenvalue weighted by atomic mass is 16.6. The number of anilines is 1. The average molecular weight is 486 g/mol. The van der Waals surface area contributed by atoms with Crippen LogP contribution < -0.4 is 10.6 Å². The first-order chi connectivity index (χ1) is 16.9. The Morgan fingerprint density at radius 1 is 1.23 bits per heavy atom. The van der Waals surface area contributed by atoms with Crippen LogP contribution in [-0.4, -0.2) is 57.3 Å². The number of nitrogens with two attached hydrogens (primary N) is 1. The Bertz CT molecular complexity index is 1120. The first kappa shape index (κ1) is 26.3. The lowest BCUT2D eigenvalue weighted by Crippen LogP contribution is -2.46. The van der Waals surface area contributed by atoms with Gasteiger partial charge in [0.15, 0.2) is 0 Å². The van der Waals surface area contributed by atoms with Crippen molar-refractivity contribution in [3.63, 3.8) is 0 Å². The number of aliphatic imine (C=N–C) groups is 1. The number of amides is 1. The van der Waals surface area contributed by atoms with Crippen LogP contribution in [0.5, 0.6) is 0 Å². The quantitative estimate of drug-likeness (QED) is 0.420. The summed E-state index contributed by atoms with van der Waals surface area (Å²) in [6.07, 6.45) is 4.59. The summed E-state index contributed by atoms with van der Waals surface area (Å²) in [5, 5.41) is 0.597. The van der Waals surface area contributed by atoms with Crippen LogP contribution in [-0.2, 0) is 14.2 Å². The van der Waals surface area contributed by atoms with Gasteiger partial charge in [0.05, 0.1) is 19.3 Å². The van der Waals surface area contributed by atoms with Crippen molar-refractivity contribution >= 4 is 40.5 Å². The van der Waals surface area contributed by atoms with Gasteiger partial charge in [0, 0.05) is 43.1 Å². The van der Waals surface area contributed by atoms with Gasteiger partial charge in [0.1, 0.15) is 11.3 Å². The minimum atomic E-state index is -0.641. The average Bonchev–Trinajstić information content (AvgIpc) is 3.23. The van der Waals surface area contributed by atoms with E-state index >= 15 is 0 Å². The second kappa shape index (κ2) is 11.9. The fourth-order valence-electron chi connectivity index (χ4n) is 4.45. The number of carbonyl (C=O) groups excluding carboxylic acids is 2. The molecular weight excluding hydrogens is 450 g/mol. The summed E-state index contributed by atoms with van der Waals surface area (Å²) in [7, 11) is 1.66. The zero-order valence-corrected chi connectivity index (χ0v) is 21.1. The number of rotatable bonds is 8. The Kier molecular flexibility index (Phi) is 8.92. The molecule has 1 saturated heterocycles. The zero-order valence-electron chi connectivity index (χ0n) is 21.1. The van der Waals surface area contributed by atoms with E-state index in [1.807, 2.05) is 26.0 Å². The van der Waals surface area contributed by atoms with E-state index in [1.54, 1.807) is 32.0 Å². The van der Waals surface area contributed by atoms with Gasteiger partial charge in [-0.2, -0.15) is 0 Å². The van der Waals surface area contributed by atoms with Crippen LogP contribution in [0, 0.1) is 6.92 Å². The van der Waals surface area contributed by atoms with Gasteiger partial charge in [-0.25, -0.2) is 9.59 Å². The van der Waals surface area contributed by atoms with Gasteiger partial charge < -0.3 is 24.4 Å². The Morgan fingerprint density at radius 3 is 2.60 bits per heavy atom. The topological polar surface area (TPSA) is 117 Å². The van der Waals surface area contributed by atoms with E-state index < -0.39 is 12.1 Å². The number of carbonyl (C=O) groups is 2. The van der Waals surface area contributed by atoms with Crippen molar-refractivity contribution in [2.75, 3.05) is 31.8 Å². The first-order valence-electron chi connectivity index (χ1n) is 12.1. The van der Waals surface area contributed by atoms with Crippen molar-refractivity contribution < 1.29 is 28.2 Å². The molecule has 2 N–H and O–H groups in total. The molecule has 2 heterocycles. The molecule has 0 spiro atoms. The van der Waals surface area contributed by atoms with Crippen molar-refractivity contribution in [3.05, 3.63) is 35.2 Å². The number of hydrogen-bond donors (Lipinski definition) is 1. The molecule has 1 aliphatic heterocycles. The molecule has 0 aliphatic carbocycles. The number of allylic oxidation sites excluding steroid dienone is 1. The molecular formula is C26H35N3O6. The second-order valence-electron chi connectivity index (χ2n) is 8.33. The number of fused-ring (bicyclic) bond motifs is 1. The van der Waals surface area contributed by atoms with E-state index in [0.717, 1.165) is 17.5 Å². The minimum absolute atomic E-state index is 0.000256. The molecule has 2 unspecified atom stereocenters. The highest BCUT2D eigenvalue weighted by Gasteiger charge is 2.38. The molecule has 0 saturated carbocycles. The van der Waals surface area contributed by atoms with Crippen molar-refractivity contribution in [1.29, 1.82) is 0 Å². The molecule has 1 aromatic carbocycles. The van der Waals surface area contributed by atoms with Crippen LogP contribution in [0.1, 0.15) is 61.7 Å². The van der Waals surface area contributed by atoms with Crippen LogP contribution in [0.2, 0.25) is 0 Å². The Balaban J connectivity index is 2.31. The maximum absolute atomic E-state index is 13.4. The van der Waals surface area contributed by atoms with Crippen LogP contribution >= 0.6 is 0 Å². The summed E-state index contributed by atoms with van der Waals surface area (Å²) in [4.78, 5) is 32.1. The van der Waals surface area contributed by atoms with E-state index in [1.165, 1.54) is 6.20 Å². The highest BCUT2D eigenvalue weighted by molar-refractivity contribution is 6.14. The van der Waals surface area contributed by atoms with Crippen molar-refractivity contribution in [2.24, 2.45) is 10.7 Å². The van der Waals surface area contributed by atoms with Crippen molar-refractivity contribution in [3.8, 4) is 0 Å². The largest absolute Gasteiger partial charge is 0.460 e. The number of nitrogens with zero attached hydrogens (tertiary/aromatic N) is 2. The third kappa shape index (κ3) is 5.51. The molecule has 2 atom stereocenters. The third-order valence-corrected chi connectivity index (χ3v) is 6.06. The third-order valence-electron chi connectivity index (χ3n) is 6.06. The molecule has 9 nitrogen and oxygen atoms in total. The first-order valence-corrected chi connectivity index (χ1v) is 12.1. The maximum atomic E-state index is 13.4. The molecule has 2 aromatic rings. The van der Waals surface area contributed by atoms with E-state index in [0.29, 0.717) is 41.7 Å². The Labute approximate surface area is 205 Å². The van der Waals surface area contributed by atoms with E-state index in [9.17, 15) is 9.59 Å². The fourth-order valence-corrected chi connectivity index (χ4v) is 4.45. The lowest BCUT2D eigenvalue weighted by Gasteiger charge is -2.36. The number of benzene rings is 1. The molecule has 1 aliphatic rings. The molecule has 9 heteroatoms. The predicted molar refractivity (Wildman–Crippen MR) is 136 cm³/mol. The second-order valence-corrected chi connectivity index (χ2v) is 8.33. The highest BCUT2D eigenvalue weighted by Crippen LogP contribution is 2.41. The molecule has 0 radical (unpaired) electrons. The van der Waals surface area contributed by atoms with Gasteiger partial charge in [0.2, 0.25) is 5.76 Å². The van der Waals surface area contributed by atoms with Gasteiger partial charge in [-0.1, -0.05) is 6.92 Å². The van der Waals surface area contributed by atoms with Crippen molar-refractivity contribution in [2.45, 2.75) is 59.1 Å². The fraction of sp³-hybridized carbons (Fsp3) is 0.500. The lowest BCUT2D eigenvalue weighted by molar-refractivity contribution is 0.00465. The van der Waals surface area contributed by atoms with E-state index in [-0.39, 0.29) is 31.1 Å². The van der Waals surface area contributed by atoms with Gasteiger partial charge in [0.25, 0.3) is 0 Å². The van der Waals surface area contributed by atoms with Crippen LogP contribution in [0.15, 0.2) is 27.7 Å². The SMILES string of the molecule is CCOC(=O)c1oc2c(C)cc(/C(C=NC)=C/N)cc2c1N(C(=O)OCC)C1CCOC(CC)C1. The standard InChI is InChI=1S/C26H35N3O6/c1-6-20-13-19(9-10-34-20)29(26(31)33-8-3)22-21-12-17(18(14-27)15-28-5)11-16(4)23(21)35-24(22)25(30)32-7-2/h11-12,14-15,19-20H,6-10,13,27H2,1-5H3/b18-14+,28-15?. The number of esters is 1. The maximum Gasteiger partial charge on any atom is 0.414 e. The number of furan rings is 1.